The molecule has 2 aliphatic rings. The second kappa shape index (κ2) is 6.45. The van der Waals surface area contributed by atoms with Crippen LogP contribution in [0.25, 0.3) is 0 Å². The standard InChI is InChI=1S/C14H18IN3O3/c15-10-1-4-13(14(7-10)18(19)20)16-8-12-9-17(5-6-21-12)11-2-3-11/h1,4,7,11-12,16H,2-3,5-6,8-9H2. The molecule has 0 bridgehead atoms. The lowest BCUT2D eigenvalue weighted by atomic mass is 10.2. The lowest BCUT2D eigenvalue weighted by Crippen LogP contribution is -2.46. The van der Waals surface area contributed by atoms with Crippen molar-refractivity contribution >= 4 is 34.0 Å². The molecule has 1 aromatic carbocycles. The van der Waals surface area contributed by atoms with Crippen molar-refractivity contribution in [1.29, 1.82) is 0 Å². The summed E-state index contributed by atoms with van der Waals surface area (Å²) in [6.45, 7) is 3.27. The van der Waals surface area contributed by atoms with Gasteiger partial charge in [0.25, 0.3) is 5.69 Å². The molecule has 1 aromatic rings. The number of morpholine rings is 1. The van der Waals surface area contributed by atoms with Crippen LogP contribution in [0.4, 0.5) is 11.4 Å². The molecular formula is C14H18IN3O3. The summed E-state index contributed by atoms with van der Waals surface area (Å²) in [5.74, 6) is 0. The Morgan fingerprint density at radius 2 is 2.29 bits per heavy atom. The monoisotopic (exact) mass is 403 g/mol. The van der Waals surface area contributed by atoms with Gasteiger partial charge in [0.05, 0.1) is 17.6 Å². The van der Waals surface area contributed by atoms with Crippen LogP contribution in [0.5, 0.6) is 0 Å². The van der Waals surface area contributed by atoms with Gasteiger partial charge in [-0.25, -0.2) is 0 Å². The van der Waals surface area contributed by atoms with Crippen molar-refractivity contribution in [3.8, 4) is 0 Å². The van der Waals surface area contributed by atoms with Crippen LogP contribution in [0.1, 0.15) is 12.8 Å². The second-order valence-corrected chi connectivity index (χ2v) is 6.76. The fraction of sp³-hybridized carbons (Fsp3) is 0.571. The summed E-state index contributed by atoms with van der Waals surface area (Å²) in [6, 6.07) is 5.96. The SMILES string of the molecule is O=[N+]([O-])c1cc(I)ccc1NCC1CN(C2CC2)CCO1. The third kappa shape index (κ3) is 3.83. The number of hydrogen-bond donors (Lipinski definition) is 1. The van der Waals surface area contributed by atoms with Crippen molar-refractivity contribution < 1.29 is 9.66 Å². The molecule has 1 atom stereocenters. The van der Waals surface area contributed by atoms with Gasteiger partial charge < -0.3 is 10.1 Å². The highest BCUT2D eigenvalue weighted by Gasteiger charge is 2.33. The number of nitro groups is 1. The van der Waals surface area contributed by atoms with Crippen molar-refractivity contribution in [3.05, 3.63) is 31.9 Å². The van der Waals surface area contributed by atoms with Crippen molar-refractivity contribution in [1.82, 2.24) is 4.90 Å². The maximum absolute atomic E-state index is 11.1. The van der Waals surface area contributed by atoms with E-state index in [9.17, 15) is 10.1 Å². The smallest absolute Gasteiger partial charge is 0.293 e. The quantitative estimate of drug-likeness (QED) is 0.465. The Hall–Kier alpha value is -0.930. The van der Waals surface area contributed by atoms with E-state index in [1.165, 1.54) is 12.8 Å². The Morgan fingerprint density at radius 1 is 1.48 bits per heavy atom. The molecule has 1 heterocycles. The van der Waals surface area contributed by atoms with Gasteiger partial charge in [-0.15, -0.1) is 0 Å². The van der Waals surface area contributed by atoms with Gasteiger partial charge >= 0.3 is 0 Å². The van der Waals surface area contributed by atoms with Crippen LogP contribution in [0.2, 0.25) is 0 Å². The zero-order valence-electron chi connectivity index (χ0n) is 11.6. The van der Waals surface area contributed by atoms with Crippen LogP contribution in [0.15, 0.2) is 18.2 Å². The van der Waals surface area contributed by atoms with Crippen LogP contribution in [0.3, 0.4) is 0 Å². The Kier molecular flexibility index (Phi) is 4.60. The lowest BCUT2D eigenvalue weighted by Gasteiger charge is -2.33. The predicted octanol–water partition coefficient (Wildman–Crippen LogP) is 2.47. The summed E-state index contributed by atoms with van der Waals surface area (Å²) in [5, 5.41) is 14.3. The van der Waals surface area contributed by atoms with Crippen LogP contribution in [-0.4, -0.2) is 48.2 Å². The molecule has 1 aliphatic heterocycles. The third-order valence-corrected chi connectivity index (χ3v) is 4.58. The molecule has 6 nitrogen and oxygen atoms in total. The number of halogens is 1. The van der Waals surface area contributed by atoms with E-state index < -0.39 is 0 Å². The van der Waals surface area contributed by atoms with Crippen LogP contribution in [-0.2, 0) is 4.74 Å². The van der Waals surface area contributed by atoms with Crippen molar-refractivity contribution in [3.63, 3.8) is 0 Å². The zero-order chi connectivity index (χ0) is 14.8. The van der Waals surface area contributed by atoms with E-state index in [0.29, 0.717) is 12.2 Å². The predicted molar refractivity (Wildman–Crippen MR) is 88.6 cm³/mol. The Labute approximate surface area is 137 Å². The highest BCUT2D eigenvalue weighted by molar-refractivity contribution is 14.1. The van der Waals surface area contributed by atoms with Gasteiger partial charge in [-0.2, -0.15) is 0 Å². The van der Waals surface area contributed by atoms with Crippen molar-refractivity contribution in [2.45, 2.75) is 25.0 Å². The normalized spacial score (nSPS) is 23.0. The molecule has 1 N–H and O–H groups in total. The van der Waals surface area contributed by atoms with Crippen molar-refractivity contribution in [2.24, 2.45) is 0 Å². The summed E-state index contributed by atoms with van der Waals surface area (Å²) in [6.07, 6.45) is 2.68. The molecule has 0 radical (unpaired) electrons. The Bertz CT molecular complexity index is 536. The van der Waals surface area contributed by atoms with E-state index in [-0.39, 0.29) is 16.7 Å². The third-order valence-electron chi connectivity index (χ3n) is 3.91. The van der Waals surface area contributed by atoms with E-state index >= 15 is 0 Å². The molecule has 1 aliphatic carbocycles. The van der Waals surface area contributed by atoms with Gasteiger partial charge in [0.15, 0.2) is 0 Å². The first-order chi connectivity index (χ1) is 10.1. The zero-order valence-corrected chi connectivity index (χ0v) is 13.8. The summed E-state index contributed by atoms with van der Waals surface area (Å²) in [5.41, 5.74) is 0.685. The fourth-order valence-corrected chi connectivity index (χ4v) is 3.14. The highest BCUT2D eigenvalue weighted by atomic mass is 127. The Balaban J connectivity index is 1.60. The number of nitro benzene ring substituents is 1. The number of nitrogens with zero attached hydrogens (tertiary/aromatic N) is 2. The average Bonchev–Trinajstić information content (AvgIpc) is 3.31. The molecular weight excluding hydrogens is 385 g/mol. The van der Waals surface area contributed by atoms with Crippen LogP contribution in [0, 0.1) is 13.7 Å². The van der Waals surface area contributed by atoms with E-state index in [0.717, 1.165) is 29.3 Å². The summed E-state index contributed by atoms with van der Waals surface area (Å²) < 4.78 is 6.62. The first-order valence-corrected chi connectivity index (χ1v) is 8.25. The summed E-state index contributed by atoms with van der Waals surface area (Å²) in [4.78, 5) is 13.2. The molecule has 0 aromatic heterocycles. The van der Waals surface area contributed by atoms with E-state index in [2.05, 4.69) is 32.8 Å². The van der Waals surface area contributed by atoms with Gasteiger partial charge in [-0.1, -0.05) is 0 Å². The minimum atomic E-state index is -0.345. The van der Waals surface area contributed by atoms with Crippen molar-refractivity contribution in [2.75, 3.05) is 31.6 Å². The molecule has 1 saturated heterocycles. The number of anilines is 1. The van der Waals surface area contributed by atoms with Gasteiger partial charge in [-0.3, -0.25) is 15.0 Å². The number of rotatable bonds is 5. The number of benzene rings is 1. The minimum absolute atomic E-state index is 0.0956. The molecule has 21 heavy (non-hydrogen) atoms. The van der Waals surface area contributed by atoms with Crippen LogP contribution >= 0.6 is 22.6 Å². The maximum Gasteiger partial charge on any atom is 0.293 e. The maximum atomic E-state index is 11.1. The molecule has 1 unspecified atom stereocenters. The largest absolute Gasteiger partial charge is 0.377 e. The first-order valence-electron chi connectivity index (χ1n) is 7.17. The van der Waals surface area contributed by atoms with E-state index in [1.54, 1.807) is 12.1 Å². The lowest BCUT2D eigenvalue weighted by molar-refractivity contribution is -0.384. The molecule has 0 amide bonds. The van der Waals surface area contributed by atoms with Gasteiger partial charge in [0.2, 0.25) is 0 Å². The molecule has 0 spiro atoms. The van der Waals surface area contributed by atoms with Gasteiger partial charge in [0.1, 0.15) is 5.69 Å². The molecule has 114 valence electrons. The fourth-order valence-electron chi connectivity index (χ4n) is 2.67. The topological polar surface area (TPSA) is 67.6 Å². The highest BCUT2D eigenvalue weighted by Crippen LogP contribution is 2.29. The summed E-state index contributed by atoms with van der Waals surface area (Å²) >= 11 is 2.08. The molecule has 1 saturated carbocycles. The summed E-state index contributed by atoms with van der Waals surface area (Å²) in [7, 11) is 0. The number of ether oxygens (including phenoxy) is 1. The van der Waals surface area contributed by atoms with Gasteiger partial charge in [0, 0.05) is 35.3 Å². The minimum Gasteiger partial charge on any atom is -0.377 e. The molecule has 7 heteroatoms. The number of nitrogens with one attached hydrogen (secondary N) is 1. The van der Waals surface area contributed by atoms with Crippen LogP contribution < -0.4 is 5.32 Å². The Morgan fingerprint density at radius 3 is 3.00 bits per heavy atom. The van der Waals surface area contributed by atoms with Gasteiger partial charge in [-0.05, 0) is 47.6 Å². The van der Waals surface area contributed by atoms with E-state index in [4.69, 9.17) is 4.74 Å². The first kappa shape index (κ1) is 15.0. The molecule has 3 rings (SSSR count). The average molecular weight is 403 g/mol. The second-order valence-electron chi connectivity index (χ2n) is 5.52. The number of hydrogen-bond acceptors (Lipinski definition) is 5. The molecule has 2 fully saturated rings. The van der Waals surface area contributed by atoms with E-state index in [1.807, 2.05) is 6.07 Å².